The zero-order valence-corrected chi connectivity index (χ0v) is 7.38. The fraction of sp³-hybridized carbons (Fsp3) is 0. The predicted octanol–water partition coefficient (Wildman–Crippen LogP) is 2.35. The minimum absolute atomic E-state index is 0.306. The average molecular weight is 191 g/mol. The zero-order valence-electron chi connectivity index (χ0n) is 6.62. The fourth-order valence-corrected chi connectivity index (χ4v) is 1.43. The van der Waals surface area contributed by atoms with Gasteiger partial charge in [0.15, 0.2) is 0 Å². The molecule has 1 heterocycles. The lowest BCUT2D eigenvalue weighted by atomic mass is 10.2. The van der Waals surface area contributed by atoms with Crippen LogP contribution in [-0.4, -0.2) is 11.3 Å². The van der Waals surface area contributed by atoms with E-state index in [1.54, 1.807) is 6.29 Å². The zero-order chi connectivity index (χ0) is 9.26. The SMILES string of the molecule is O=[C]c1cnc2ccccc2c1Cl. The maximum absolute atomic E-state index is 10.4. The van der Waals surface area contributed by atoms with Gasteiger partial charge in [0.25, 0.3) is 0 Å². The molecule has 0 aliphatic heterocycles. The van der Waals surface area contributed by atoms with E-state index in [0.717, 1.165) is 10.9 Å². The molecule has 13 heavy (non-hydrogen) atoms. The Hall–Kier alpha value is -1.41. The molecule has 0 spiro atoms. The van der Waals surface area contributed by atoms with Gasteiger partial charge < -0.3 is 0 Å². The second-order valence-corrected chi connectivity index (χ2v) is 2.98. The predicted molar refractivity (Wildman–Crippen MR) is 51.5 cm³/mol. The van der Waals surface area contributed by atoms with Crippen molar-refractivity contribution in [3.8, 4) is 0 Å². The van der Waals surface area contributed by atoms with Gasteiger partial charge in [-0.3, -0.25) is 9.78 Å². The van der Waals surface area contributed by atoms with E-state index in [-0.39, 0.29) is 0 Å². The highest BCUT2D eigenvalue weighted by Crippen LogP contribution is 2.23. The molecule has 0 atom stereocenters. The molecule has 1 radical (unpaired) electrons. The van der Waals surface area contributed by atoms with Crippen molar-refractivity contribution in [2.75, 3.05) is 0 Å². The van der Waals surface area contributed by atoms with Crippen LogP contribution in [0.15, 0.2) is 30.5 Å². The summed E-state index contributed by atoms with van der Waals surface area (Å²) in [5, 5.41) is 1.20. The van der Waals surface area contributed by atoms with Gasteiger partial charge in [0.1, 0.15) is 0 Å². The molecule has 2 aromatic rings. The van der Waals surface area contributed by atoms with Crippen molar-refractivity contribution >= 4 is 28.8 Å². The second-order valence-electron chi connectivity index (χ2n) is 2.61. The van der Waals surface area contributed by atoms with Gasteiger partial charge in [-0.1, -0.05) is 29.8 Å². The number of hydrogen-bond acceptors (Lipinski definition) is 2. The maximum atomic E-state index is 10.4. The van der Waals surface area contributed by atoms with Gasteiger partial charge in [-0.05, 0) is 6.07 Å². The second kappa shape index (κ2) is 3.15. The largest absolute Gasteiger partial charge is 0.285 e. The van der Waals surface area contributed by atoms with E-state index in [9.17, 15) is 4.79 Å². The van der Waals surface area contributed by atoms with Gasteiger partial charge in [0, 0.05) is 11.6 Å². The first-order valence-corrected chi connectivity index (χ1v) is 4.12. The van der Waals surface area contributed by atoms with Crippen LogP contribution in [0.4, 0.5) is 0 Å². The molecule has 0 saturated heterocycles. The molecule has 0 N–H and O–H groups in total. The normalized spacial score (nSPS) is 10.2. The molecule has 2 nitrogen and oxygen atoms in total. The minimum Gasteiger partial charge on any atom is -0.285 e. The third-order valence-corrected chi connectivity index (χ3v) is 2.23. The van der Waals surface area contributed by atoms with E-state index in [2.05, 4.69) is 4.98 Å². The van der Waals surface area contributed by atoms with Crippen LogP contribution in [0.2, 0.25) is 5.02 Å². The summed E-state index contributed by atoms with van der Waals surface area (Å²) in [7, 11) is 0. The molecule has 1 aromatic heterocycles. The molecule has 63 valence electrons. The minimum atomic E-state index is 0.306. The fourth-order valence-electron chi connectivity index (χ4n) is 1.18. The molecule has 3 heteroatoms. The molecule has 0 aliphatic carbocycles. The van der Waals surface area contributed by atoms with E-state index in [1.165, 1.54) is 6.20 Å². The smallest absolute Gasteiger partial charge is 0.236 e. The van der Waals surface area contributed by atoms with Crippen LogP contribution in [-0.2, 0) is 4.79 Å². The van der Waals surface area contributed by atoms with Crippen molar-refractivity contribution in [3.05, 3.63) is 41.0 Å². The van der Waals surface area contributed by atoms with Crippen molar-refractivity contribution in [2.24, 2.45) is 0 Å². The number of benzene rings is 1. The highest BCUT2D eigenvalue weighted by molar-refractivity contribution is 6.37. The van der Waals surface area contributed by atoms with Crippen molar-refractivity contribution in [1.82, 2.24) is 4.98 Å². The molecular formula is C10H5ClNO. The van der Waals surface area contributed by atoms with Crippen molar-refractivity contribution < 1.29 is 4.79 Å². The summed E-state index contributed by atoms with van der Waals surface area (Å²) in [5.41, 5.74) is 1.09. The van der Waals surface area contributed by atoms with Crippen LogP contribution in [0.3, 0.4) is 0 Å². The standard InChI is InChI=1S/C10H5ClNO/c11-10-7(6-13)5-12-9-4-2-1-3-8(9)10/h1-5H. The number of aromatic nitrogens is 1. The van der Waals surface area contributed by atoms with Gasteiger partial charge >= 0.3 is 0 Å². The van der Waals surface area contributed by atoms with Crippen molar-refractivity contribution in [3.63, 3.8) is 0 Å². The number of halogens is 1. The van der Waals surface area contributed by atoms with Crippen LogP contribution in [0, 0.1) is 0 Å². The molecular weight excluding hydrogens is 186 g/mol. The first kappa shape index (κ1) is 8.20. The first-order chi connectivity index (χ1) is 6.33. The average Bonchev–Trinajstić information content (AvgIpc) is 2.19. The van der Waals surface area contributed by atoms with Gasteiger partial charge in [-0.2, -0.15) is 0 Å². The van der Waals surface area contributed by atoms with E-state index >= 15 is 0 Å². The summed E-state index contributed by atoms with van der Waals surface area (Å²) in [6.07, 6.45) is 3.17. The molecule has 0 fully saturated rings. The molecule has 0 aliphatic rings. The van der Waals surface area contributed by atoms with E-state index in [4.69, 9.17) is 11.6 Å². The number of fused-ring (bicyclic) bond motifs is 1. The summed E-state index contributed by atoms with van der Waals surface area (Å²) < 4.78 is 0. The molecule has 0 bridgehead atoms. The summed E-state index contributed by atoms with van der Waals surface area (Å²) in [6, 6.07) is 7.39. The maximum Gasteiger partial charge on any atom is 0.236 e. The van der Waals surface area contributed by atoms with Crippen LogP contribution in [0.25, 0.3) is 10.9 Å². The lowest BCUT2D eigenvalue weighted by Gasteiger charge is -1.99. The van der Waals surface area contributed by atoms with E-state index in [0.29, 0.717) is 10.6 Å². The van der Waals surface area contributed by atoms with E-state index < -0.39 is 0 Å². The number of pyridine rings is 1. The number of nitrogens with zero attached hydrogens (tertiary/aromatic N) is 1. The lowest BCUT2D eigenvalue weighted by molar-refractivity contribution is 0.562. The third kappa shape index (κ3) is 1.29. The lowest BCUT2D eigenvalue weighted by Crippen LogP contribution is -1.87. The number of hydrogen-bond donors (Lipinski definition) is 0. The molecule has 0 amide bonds. The summed E-state index contributed by atoms with van der Waals surface area (Å²) in [4.78, 5) is 14.5. The van der Waals surface area contributed by atoms with Crippen LogP contribution < -0.4 is 0 Å². The van der Waals surface area contributed by atoms with Crippen LogP contribution in [0.5, 0.6) is 0 Å². The Morgan fingerprint density at radius 3 is 2.85 bits per heavy atom. The highest BCUT2D eigenvalue weighted by atomic mass is 35.5. The topological polar surface area (TPSA) is 30.0 Å². The Bertz CT molecular complexity index is 467. The number of para-hydroxylation sites is 1. The Labute approximate surface area is 80.2 Å². The first-order valence-electron chi connectivity index (χ1n) is 3.74. The Morgan fingerprint density at radius 1 is 1.31 bits per heavy atom. The summed E-state index contributed by atoms with van der Waals surface area (Å²) in [5.74, 6) is 0. The van der Waals surface area contributed by atoms with E-state index in [1.807, 2.05) is 24.3 Å². The van der Waals surface area contributed by atoms with Crippen molar-refractivity contribution in [1.29, 1.82) is 0 Å². The Balaban J connectivity index is 2.86. The molecule has 0 saturated carbocycles. The number of carbonyl (C=O) groups excluding carboxylic acids is 1. The van der Waals surface area contributed by atoms with Gasteiger partial charge in [-0.15, -0.1) is 0 Å². The Kier molecular flexibility index (Phi) is 1.99. The quantitative estimate of drug-likeness (QED) is 0.691. The molecule has 1 aromatic carbocycles. The monoisotopic (exact) mass is 190 g/mol. The van der Waals surface area contributed by atoms with Gasteiger partial charge in [-0.25, -0.2) is 0 Å². The molecule has 0 unspecified atom stereocenters. The Morgan fingerprint density at radius 2 is 2.08 bits per heavy atom. The van der Waals surface area contributed by atoms with Crippen LogP contribution >= 0.6 is 11.6 Å². The number of rotatable bonds is 1. The third-order valence-electron chi connectivity index (χ3n) is 1.82. The highest BCUT2D eigenvalue weighted by Gasteiger charge is 2.04. The van der Waals surface area contributed by atoms with Crippen LogP contribution in [0.1, 0.15) is 5.56 Å². The van der Waals surface area contributed by atoms with Crippen molar-refractivity contribution in [2.45, 2.75) is 0 Å². The van der Waals surface area contributed by atoms with Gasteiger partial charge in [0.05, 0.1) is 16.1 Å². The molecule has 2 rings (SSSR count). The summed E-state index contributed by atoms with van der Waals surface area (Å²) in [6.45, 7) is 0. The summed E-state index contributed by atoms with van der Waals surface area (Å²) >= 11 is 5.94. The van der Waals surface area contributed by atoms with Gasteiger partial charge in [0.2, 0.25) is 6.29 Å².